The topological polar surface area (TPSA) is 75.6 Å². The molecule has 0 fully saturated rings. The fourth-order valence-electron chi connectivity index (χ4n) is 2.10. The van der Waals surface area contributed by atoms with Gasteiger partial charge in [-0.15, -0.1) is 0 Å². The monoisotopic (exact) mass is 281 g/mol. The molecular formula is C15H15N5O. The van der Waals surface area contributed by atoms with Gasteiger partial charge >= 0.3 is 0 Å². The second-order valence-corrected chi connectivity index (χ2v) is 4.73. The van der Waals surface area contributed by atoms with Crippen molar-refractivity contribution in [1.82, 2.24) is 19.7 Å². The summed E-state index contributed by atoms with van der Waals surface area (Å²) < 4.78 is 1.54. The zero-order valence-corrected chi connectivity index (χ0v) is 11.6. The Kier molecular flexibility index (Phi) is 3.51. The highest BCUT2D eigenvalue weighted by Gasteiger charge is 2.07. The molecular weight excluding hydrogens is 266 g/mol. The Bertz CT molecular complexity index is 791. The summed E-state index contributed by atoms with van der Waals surface area (Å²) in [5.41, 5.74) is 3.83. The van der Waals surface area contributed by atoms with Crippen molar-refractivity contribution in [3.05, 3.63) is 65.0 Å². The first-order valence-electron chi connectivity index (χ1n) is 6.57. The second-order valence-electron chi connectivity index (χ2n) is 4.73. The predicted octanol–water partition coefficient (Wildman–Crippen LogP) is 1.78. The summed E-state index contributed by atoms with van der Waals surface area (Å²) in [4.78, 5) is 15.5. The number of hydrogen-bond acceptors (Lipinski definition) is 4. The van der Waals surface area contributed by atoms with Gasteiger partial charge in [-0.05, 0) is 18.2 Å². The summed E-state index contributed by atoms with van der Waals surface area (Å²) in [5, 5.41) is 10.4. The van der Waals surface area contributed by atoms with Gasteiger partial charge in [0.2, 0.25) is 5.56 Å². The molecule has 0 saturated heterocycles. The number of aromatic nitrogens is 4. The van der Waals surface area contributed by atoms with E-state index in [4.69, 9.17) is 0 Å². The molecule has 2 N–H and O–H groups in total. The van der Waals surface area contributed by atoms with Gasteiger partial charge in [0.25, 0.3) is 0 Å². The quantitative estimate of drug-likeness (QED) is 0.764. The zero-order valence-electron chi connectivity index (χ0n) is 11.6. The third-order valence-electron chi connectivity index (χ3n) is 3.24. The van der Waals surface area contributed by atoms with Gasteiger partial charge in [-0.1, -0.05) is 0 Å². The van der Waals surface area contributed by atoms with Crippen LogP contribution < -0.4 is 10.9 Å². The fraction of sp³-hybridized carbons (Fsp3) is 0.133. The Morgan fingerprint density at radius 1 is 1.29 bits per heavy atom. The normalized spacial score (nSPS) is 10.5. The largest absolute Gasteiger partial charge is 0.380 e. The van der Waals surface area contributed by atoms with E-state index in [1.165, 1.54) is 0 Å². The summed E-state index contributed by atoms with van der Waals surface area (Å²) in [7, 11) is 1.73. The summed E-state index contributed by atoms with van der Waals surface area (Å²) in [5.74, 6) is 0. The Hall–Kier alpha value is -2.89. The van der Waals surface area contributed by atoms with Crippen LogP contribution in [0.2, 0.25) is 0 Å². The summed E-state index contributed by atoms with van der Waals surface area (Å²) in [6, 6.07) is 7.18. The molecule has 0 spiro atoms. The van der Waals surface area contributed by atoms with E-state index in [1.807, 2.05) is 12.1 Å². The Morgan fingerprint density at radius 2 is 2.19 bits per heavy atom. The molecule has 0 atom stereocenters. The number of aromatic amines is 1. The van der Waals surface area contributed by atoms with Crippen LogP contribution >= 0.6 is 0 Å². The minimum atomic E-state index is -0.0279. The molecule has 0 amide bonds. The van der Waals surface area contributed by atoms with E-state index in [9.17, 15) is 4.79 Å². The minimum absolute atomic E-state index is 0.0279. The molecule has 0 aliphatic rings. The molecule has 0 saturated carbocycles. The molecule has 21 heavy (non-hydrogen) atoms. The molecule has 3 heterocycles. The highest BCUT2D eigenvalue weighted by molar-refractivity contribution is 5.62. The number of aryl methyl sites for hydroxylation is 1. The van der Waals surface area contributed by atoms with E-state index in [-0.39, 0.29) is 5.56 Å². The van der Waals surface area contributed by atoms with Crippen LogP contribution in [0.4, 0.5) is 5.69 Å². The number of H-pyrrole nitrogens is 1. The first-order chi connectivity index (χ1) is 10.2. The average Bonchev–Trinajstić information content (AvgIpc) is 2.98. The lowest BCUT2D eigenvalue weighted by molar-refractivity contribution is 0.859. The van der Waals surface area contributed by atoms with Gasteiger partial charge in [-0.3, -0.25) is 14.9 Å². The Morgan fingerprint density at radius 3 is 2.95 bits per heavy atom. The van der Waals surface area contributed by atoms with Gasteiger partial charge in [0.05, 0.1) is 17.6 Å². The van der Waals surface area contributed by atoms with Gasteiger partial charge in [0, 0.05) is 49.4 Å². The first-order valence-corrected chi connectivity index (χ1v) is 6.57. The van der Waals surface area contributed by atoms with E-state index < -0.39 is 0 Å². The van der Waals surface area contributed by atoms with Crippen molar-refractivity contribution in [2.45, 2.75) is 6.54 Å². The van der Waals surface area contributed by atoms with Crippen molar-refractivity contribution < 1.29 is 0 Å². The molecule has 0 radical (unpaired) electrons. The van der Waals surface area contributed by atoms with Crippen LogP contribution in [0.25, 0.3) is 11.3 Å². The number of anilines is 1. The van der Waals surface area contributed by atoms with Gasteiger partial charge in [-0.2, -0.15) is 5.10 Å². The maximum Gasteiger partial charge on any atom is 0.250 e. The third-order valence-corrected chi connectivity index (χ3v) is 3.24. The third kappa shape index (κ3) is 2.84. The Balaban J connectivity index is 1.79. The zero-order chi connectivity index (χ0) is 14.7. The lowest BCUT2D eigenvalue weighted by Gasteiger charge is -2.08. The number of nitrogens with one attached hydrogen (secondary N) is 2. The molecule has 6 nitrogen and oxygen atoms in total. The van der Waals surface area contributed by atoms with Crippen LogP contribution in [-0.4, -0.2) is 19.7 Å². The molecule has 0 aromatic carbocycles. The maximum absolute atomic E-state index is 11.4. The van der Waals surface area contributed by atoms with Crippen LogP contribution in [0, 0.1) is 0 Å². The molecule has 0 aliphatic carbocycles. The fourth-order valence-corrected chi connectivity index (χ4v) is 2.10. The number of nitrogens with zero attached hydrogens (tertiary/aromatic N) is 3. The minimum Gasteiger partial charge on any atom is -0.380 e. The Labute approximate surface area is 121 Å². The van der Waals surface area contributed by atoms with E-state index in [2.05, 4.69) is 20.5 Å². The van der Waals surface area contributed by atoms with E-state index in [0.29, 0.717) is 6.54 Å². The molecule has 3 aromatic rings. The highest BCUT2D eigenvalue weighted by Crippen LogP contribution is 2.20. The standard InChI is InChI=1S/C15H15N5O/c1-20-10-13(4-5-14(20)21)17-8-12-9-18-19-15(12)11-3-2-6-16-7-11/h2-7,9-10,17H,8H2,1H3,(H,18,19). The van der Waals surface area contributed by atoms with Crippen molar-refractivity contribution in [1.29, 1.82) is 0 Å². The van der Waals surface area contributed by atoms with Crippen molar-refractivity contribution in [2.75, 3.05) is 5.32 Å². The van der Waals surface area contributed by atoms with Crippen LogP contribution in [0.15, 0.2) is 53.8 Å². The van der Waals surface area contributed by atoms with Crippen molar-refractivity contribution >= 4 is 5.69 Å². The lowest BCUT2D eigenvalue weighted by Crippen LogP contribution is -2.15. The molecule has 3 aromatic heterocycles. The van der Waals surface area contributed by atoms with Gasteiger partial charge < -0.3 is 9.88 Å². The smallest absolute Gasteiger partial charge is 0.250 e. The lowest BCUT2D eigenvalue weighted by atomic mass is 10.1. The van der Waals surface area contributed by atoms with Crippen molar-refractivity contribution in [3.63, 3.8) is 0 Å². The average molecular weight is 281 g/mol. The molecule has 3 rings (SSSR count). The van der Waals surface area contributed by atoms with Crippen molar-refractivity contribution in [3.8, 4) is 11.3 Å². The predicted molar refractivity (Wildman–Crippen MR) is 80.8 cm³/mol. The van der Waals surface area contributed by atoms with Gasteiger partial charge in [0.1, 0.15) is 0 Å². The molecule has 6 heteroatoms. The molecule has 0 aliphatic heterocycles. The first kappa shape index (κ1) is 13.1. The highest BCUT2D eigenvalue weighted by atomic mass is 16.1. The summed E-state index contributed by atoms with van der Waals surface area (Å²) in [6.45, 7) is 0.610. The number of rotatable bonds is 4. The van der Waals surface area contributed by atoms with E-state index >= 15 is 0 Å². The van der Waals surface area contributed by atoms with Gasteiger partial charge in [0.15, 0.2) is 0 Å². The second kappa shape index (κ2) is 5.62. The van der Waals surface area contributed by atoms with Crippen LogP contribution in [0.3, 0.4) is 0 Å². The van der Waals surface area contributed by atoms with Crippen molar-refractivity contribution in [2.24, 2.45) is 7.05 Å². The molecule has 106 valence electrons. The number of hydrogen-bond donors (Lipinski definition) is 2. The van der Waals surface area contributed by atoms with E-state index in [1.54, 1.807) is 48.5 Å². The van der Waals surface area contributed by atoms with E-state index in [0.717, 1.165) is 22.5 Å². The van der Waals surface area contributed by atoms with Crippen LogP contribution in [0.1, 0.15) is 5.56 Å². The van der Waals surface area contributed by atoms with Gasteiger partial charge in [-0.25, -0.2) is 0 Å². The molecule has 0 bridgehead atoms. The van der Waals surface area contributed by atoms with Crippen LogP contribution in [0.5, 0.6) is 0 Å². The maximum atomic E-state index is 11.4. The SMILES string of the molecule is Cn1cc(NCc2cn[nH]c2-c2cccnc2)ccc1=O. The number of pyridine rings is 2. The summed E-state index contributed by atoms with van der Waals surface area (Å²) >= 11 is 0. The summed E-state index contributed by atoms with van der Waals surface area (Å²) in [6.07, 6.45) is 7.09. The van der Waals surface area contributed by atoms with Crippen LogP contribution in [-0.2, 0) is 13.6 Å². The molecule has 0 unspecified atom stereocenters.